The van der Waals surface area contributed by atoms with E-state index in [9.17, 15) is 0 Å². The Hall–Kier alpha value is -1.63. The van der Waals surface area contributed by atoms with E-state index >= 15 is 0 Å². The Balaban J connectivity index is 1.68. The van der Waals surface area contributed by atoms with Gasteiger partial charge in [0.25, 0.3) is 0 Å². The molecule has 7 nitrogen and oxygen atoms in total. The van der Waals surface area contributed by atoms with Crippen LogP contribution in [-0.4, -0.2) is 66.9 Å². The van der Waals surface area contributed by atoms with Crippen LogP contribution in [0.5, 0.6) is 0 Å². The average Bonchev–Trinajstić information content (AvgIpc) is 3.28. The summed E-state index contributed by atoms with van der Waals surface area (Å²) in [6, 6.07) is 0.309. The molecule has 3 saturated heterocycles. The molecule has 3 fully saturated rings. The van der Waals surface area contributed by atoms with Gasteiger partial charge in [0.05, 0.1) is 19.3 Å². The van der Waals surface area contributed by atoms with Gasteiger partial charge in [0.15, 0.2) is 0 Å². The Kier molecular flexibility index (Phi) is 4.20. The number of hydrogen-bond donors (Lipinski definition) is 0. The van der Waals surface area contributed by atoms with Crippen LogP contribution in [0, 0.1) is 0 Å². The summed E-state index contributed by atoms with van der Waals surface area (Å²) in [7, 11) is 0. The van der Waals surface area contributed by atoms with Gasteiger partial charge in [-0.2, -0.15) is 15.0 Å². The van der Waals surface area contributed by atoms with Crippen molar-refractivity contribution in [2.75, 3.05) is 60.6 Å². The molecule has 1 atom stereocenters. The molecule has 0 aromatic carbocycles. The maximum Gasteiger partial charge on any atom is 0.232 e. The van der Waals surface area contributed by atoms with Crippen LogP contribution in [0.4, 0.5) is 17.8 Å². The lowest BCUT2D eigenvalue weighted by molar-refractivity contribution is 0.0981. The lowest BCUT2D eigenvalue weighted by atomic mass is 10.3. The molecule has 0 spiro atoms. The predicted octanol–water partition coefficient (Wildman–Crippen LogP) is 1.30. The van der Waals surface area contributed by atoms with Crippen molar-refractivity contribution in [1.29, 1.82) is 0 Å². The molecule has 1 aromatic heterocycles. The van der Waals surface area contributed by atoms with Crippen molar-refractivity contribution in [2.45, 2.75) is 38.6 Å². The van der Waals surface area contributed by atoms with Crippen LogP contribution in [0.1, 0.15) is 32.6 Å². The van der Waals surface area contributed by atoms with E-state index in [-0.39, 0.29) is 0 Å². The summed E-state index contributed by atoms with van der Waals surface area (Å²) >= 11 is 0. The number of morpholine rings is 1. The first kappa shape index (κ1) is 14.9. The van der Waals surface area contributed by atoms with Gasteiger partial charge in [-0.25, -0.2) is 0 Å². The summed E-state index contributed by atoms with van der Waals surface area (Å²) in [6.45, 7) is 8.74. The van der Waals surface area contributed by atoms with E-state index in [0.29, 0.717) is 6.04 Å². The molecule has 7 heteroatoms. The molecular formula is C16H26N6O. The molecule has 0 radical (unpaired) electrons. The second kappa shape index (κ2) is 6.47. The first-order valence-electron chi connectivity index (χ1n) is 8.91. The predicted molar refractivity (Wildman–Crippen MR) is 90.3 cm³/mol. The Morgan fingerprint density at radius 1 is 0.783 bits per heavy atom. The zero-order chi connectivity index (χ0) is 15.6. The molecule has 23 heavy (non-hydrogen) atoms. The van der Waals surface area contributed by atoms with E-state index in [4.69, 9.17) is 19.7 Å². The van der Waals surface area contributed by atoms with Crippen LogP contribution < -0.4 is 14.7 Å². The van der Waals surface area contributed by atoms with Crippen molar-refractivity contribution in [1.82, 2.24) is 15.0 Å². The van der Waals surface area contributed by atoms with Crippen LogP contribution in [0.15, 0.2) is 0 Å². The maximum atomic E-state index is 5.56. The first-order valence-corrected chi connectivity index (χ1v) is 8.91. The minimum absolute atomic E-state index is 0.309. The monoisotopic (exact) mass is 318 g/mol. The molecule has 3 aliphatic rings. The molecule has 4 rings (SSSR count). The van der Waals surface area contributed by atoms with E-state index in [0.717, 1.165) is 63.8 Å². The van der Waals surface area contributed by atoms with Crippen molar-refractivity contribution < 1.29 is 4.74 Å². The Morgan fingerprint density at radius 2 is 1.30 bits per heavy atom. The van der Waals surface area contributed by atoms with Crippen molar-refractivity contribution >= 4 is 17.8 Å². The van der Waals surface area contributed by atoms with Crippen LogP contribution in [-0.2, 0) is 4.74 Å². The molecular weight excluding hydrogens is 292 g/mol. The normalized spacial score (nSPS) is 25.4. The van der Waals surface area contributed by atoms with E-state index in [1.165, 1.54) is 25.7 Å². The molecule has 0 amide bonds. The first-order chi connectivity index (χ1) is 11.3. The molecule has 1 unspecified atom stereocenters. The summed E-state index contributed by atoms with van der Waals surface area (Å²) in [5, 5.41) is 0. The highest BCUT2D eigenvalue weighted by Gasteiger charge is 2.26. The highest BCUT2D eigenvalue weighted by Crippen LogP contribution is 2.25. The van der Waals surface area contributed by atoms with Crippen molar-refractivity contribution in [3.63, 3.8) is 0 Å². The van der Waals surface area contributed by atoms with Gasteiger partial charge in [-0.05, 0) is 32.6 Å². The fourth-order valence-electron chi connectivity index (χ4n) is 3.61. The van der Waals surface area contributed by atoms with E-state index in [1.54, 1.807) is 0 Å². The second-order valence-electron chi connectivity index (χ2n) is 6.74. The van der Waals surface area contributed by atoms with Gasteiger partial charge in [0, 0.05) is 32.7 Å². The van der Waals surface area contributed by atoms with Gasteiger partial charge < -0.3 is 19.4 Å². The van der Waals surface area contributed by atoms with Crippen molar-refractivity contribution in [2.24, 2.45) is 0 Å². The number of ether oxygens (including phenoxy) is 1. The Bertz CT molecular complexity index is 507. The number of aromatic nitrogens is 3. The van der Waals surface area contributed by atoms with Crippen LogP contribution in [0.25, 0.3) is 0 Å². The molecule has 4 heterocycles. The highest BCUT2D eigenvalue weighted by atomic mass is 16.5. The number of hydrogen-bond acceptors (Lipinski definition) is 7. The molecule has 3 aliphatic heterocycles. The van der Waals surface area contributed by atoms with E-state index in [1.807, 2.05) is 0 Å². The van der Waals surface area contributed by atoms with Gasteiger partial charge in [-0.1, -0.05) is 0 Å². The quantitative estimate of drug-likeness (QED) is 0.832. The number of anilines is 3. The fourth-order valence-corrected chi connectivity index (χ4v) is 3.61. The van der Waals surface area contributed by atoms with Gasteiger partial charge in [-0.3, -0.25) is 0 Å². The molecule has 0 saturated carbocycles. The van der Waals surface area contributed by atoms with Crippen LogP contribution >= 0.6 is 0 Å². The van der Waals surface area contributed by atoms with Gasteiger partial charge in [0.1, 0.15) is 0 Å². The molecule has 1 aromatic rings. The topological polar surface area (TPSA) is 57.6 Å². The van der Waals surface area contributed by atoms with Crippen LogP contribution in [0.3, 0.4) is 0 Å². The Labute approximate surface area is 137 Å². The van der Waals surface area contributed by atoms with Gasteiger partial charge >= 0.3 is 0 Å². The van der Waals surface area contributed by atoms with Crippen LogP contribution in [0.2, 0.25) is 0 Å². The second-order valence-corrected chi connectivity index (χ2v) is 6.74. The molecule has 0 aliphatic carbocycles. The third kappa shape index (κ3) is 3.06. The average molecular weight is 318 g/mol. The standard InChI is InChI=1S/C16H26N6O/c1-13-12-23-11-10-22(13)16-18-14(20-6-2-3-7-20)17-15(19-16)21-8-4-5-9-21/h13H,2-12H2,1H3. The van der Waals surface area contributed by atoms with E-state index < -0.39 is 0 Å². The molecule has 0 N–H and O–H groups in total. The zero-order valence-corrected chi connectivity index (χ0v) is 13.9. The SMILES string of the molecule is CC1COCCN1c1nc(N2CCCC2)nc(N2CCCC2)n1. The smallest absolute Gasteiger partial charge is 0.232 e. The fraction of sp³-hybridized carbons (Fsp3) is 0.812. The lowest BCUT2D eigenvalue weighted by Gasteiger charge is -2.34. The lowest BCUT2D eigenvalue weighted by Crippen LogP contribution is -2.45. The Morgan fingerprint density at radius 3 is 1.83 bits per heavy atom. The summed E-state index contributed by atoms with van der Waals surface area (Å²) in [5.41, 5.74) is 0. The number of nitrogens with zero attached hydrogens (tertiary/aromatic N) is 6. The van der Waals surface area contributed by atoms with Gasteiger partial charge in [-0.15, -0.1) is 0 Å². The van der Waals surface area contributed by atoms with Gasteiger partial charge in [0.2, 0.25) is 17.8 Å². The zero-order valence-electron chi connectivity index (χ0n) is 13.9. The third-order valence-electron chi connectivity index (χ3n) is 5.00. The molecule has 0 bridgehead atoms. The van der Waals surface area contributed by atoms with Crippen molar-refractivity contribution in [3.05, 3.63) is 0 Å². The summed E-state index contributed by atoms with van der Waals surface area (Å²) in [4.78, 5) is 21.3. The van der Waals surface area contributed by atoms with Crippen molar-refractivity contribution in [3.8, 4) is 0 Å². The van der Waals surface area contributed by atoms with E-state index in [2.05, 4.69) is 21.6 Å². The summed E-state index contributed by atoms with van der Waals surface area (Å²) in [6.07, 6.45) is 4.92. The largest absolute Gasteiger partial charge is 0.377 e. The maximum absolute atomic E-state index is 5.56. The summed E-state index contributed by atoms with van der Waals surface area (Å²) < 4.78 is 5.56. The minimum atomic E-state index is 0.309. The number of rotatable bonds is 3. The summed E-state index contributed by atoms with van der Waals surface area (Å²) in [5.74, 6) is 2.53. The highest BCUT2D eigenvalue weighted by molar-refractivity contribution is 5.48. The third-order valence-corrected chi connectivity index (χ3v) is 5.00. The minimum Gasteiger partial charge on any atom is -0.377 e. The molecule has 126 valence electrons.